The van der Waals surface area contributed by atoms with Crippen molar-refractivity contribution in [2.45, 2.75) is 20.3 Å². The Morgan fingerprint density at radius 2 is 2.00 bits per heavy atom. The van der Waals surface area contributed by atoms with Crippen LogP contribution in [-0.4, -0.2) is 48.7 Å². The molecule has 0 aromatic rings. The molecule has 0 aliphatic rings. The third kappa shape index (κ3) is 6.54. The molecule has 4 nitrogen and oxygen atoms in total. The molecule has 0 saturated heterocycles. The molecule has 0 spiro atoms. The van der Waals surface area contributed by atoms with E-state index < -0.39 is 0 Å². The predicted molar refractivity (Wildman–Crippen MR) is 52.5 cm³/mol. The minimum Gasteiger partial charge on any atom is -0.395 e. The van der Waals surface area contributed by atoms with Gasteiger partial charge in [-0.1, -0.05) is 13.8 Å². The van der Waals surface area contributed by atoms with Gasteiger partial charge in [0.25, 0.3) is 0 Å². The van der Waals surface area contributed by atoms with Crippen LogP contribution in [0.1, 0.15) is 20.3 Å². The van der Waals surface area contributed by atoms with Crippen molar-refractivity contribution in [3.05, 3.63) is 0 Å². The van der Waals surface area contributed by atoms with Crippen molar-refractivity contribution in [3.63, 3.8) is 0 Å². The van der Waals surface area contributed by atoms with Gasteiger partial charge in [-0.3, -0.25) is 4.79 Å². The Morgan fingerprint density at radius 3 is 2.46 bits per heavy atom. The molecule has 0 aliphatic heterocycles. The van der Waals surface area contributed by atoms with Gasteiger partial charge in [-0.05, 0) is 13.1 Å². The zero-order valence-corrected chi connectivity index (χ0v) is 8.55. The molecule has 78 valence electrons. The van der Waals surface area contributed by atoms with Gasteiger partial charge in [0.2, 0.25) is 5.91 Å². The van der Waals surface area contributed by atoms with Crippen molar-refractivity contribution in [2.75, 3.05) is 32.8 Å². The molecule has 0 aliphatic carbocycles. The number of aliphatic hydroxyl groups excluding tert-OH is 1. The Bertz CT molecular complexity index is 136. The number of nitrogens with zero attached hydrogens (tertiary/aromatic N) is 1. The van der Waals surface area contributed by atoms with E-state index >= 15 is 0 Å². The first-order valence-electron chi connectivity index (χ1n) is 4.84. The summed E-state index contributed by atoms with van der Waals surface area (Å²) >= 11 is 0. The van der Waals surface area contributed by atoms with E-state index in [2.05, 4.69) is 24.1 Å². The van der Waals surface area contributed by atoms with E-state index in [4.69, 9.17) is 5.11 Å². The minimum absolute atomic E-state index is 0.0109. The summed E-state index contributed by atoms with van der Waals surface area (Å²) in [6.07, 6.45) is 0.516. The van der Waals surface area contributed by atoms with E-state index in [0.717, 1.165) is 19.6 Å². The number of hydrogen-bond acceptors (Lipinski definition) is 3. The maximum Gasteiger partial charge on any atom is 0.221 e. The molecule has 0 saturated carbocycles. The molecule has 0 bridgehead atoms. The van der Waals surface area contributed by atoms with Crippen molar-refractivity contribution in [1.82, 2.24) is 10.2 Å². The maximum absolute atomic E-state index is 11.1. The standard InChI is InChI=1S/C9H20N2O2/c1-3-11(4-2)7-5-9(13)10-6-8-12/h12H,3-8H2,1-2H3,(H,10,13). The Kier molecular flexibility index (Phi) is 7.63. The fourth-order valence-electron chi connectivity index (χ4n) is 1.08. The van der Waals surface area contributed by atoms with Gasteiger partial charge in [-0.15, -0.1) is 0 Å². The second kappa shape index (κ2) is 8.01. The highest BCUT2D eigenvalue weighted by Crippen LogP contribution is 1.90. The minimum atomic E-state index is 0.0109. The van der Waals surface area contributed by atoms with Gasteiger partial charge in [0.1, 0.15) is 0 Å². The van der Waals surface area contributed by atoms with Crippen LogP contribution in [0, 0.1) is 0 Å². The number of nitrogens with one attached hydrogen (secondary N) is 1. The second-order valence-corrected chi connectivity index (χ2v) is 2.85. The largest absolute Gasteiger partial charge is 0.395 e. The van der Waals surface area contributed by atoms with Crippen molar-refractivity contribution in [3.8, 4) is 0 Å². The van der Waals surface area contributed by atoms with Crippen LogP contribution in [0.4, 0.5) is 0 Å². The van der Waals surface area contributed by atoms with Gasteiger partial charge >= 0.3 is 0 Å². The van der Waals surface area contributed by atoms with Gasteiger partial charge in [-0.2, -0.15) is 0 Å². The van der Waals surface area contributed by atoms with E-state index in [9.17, 15) is 4.79 Å². The second-order valence-electron chi connectivity index (χ2n) is 2.85. The monoisotopic (exact) mass is 188 g/mol. The molecule has 13 heavy (non-hydrogen) atoms. The Balaban J connectivity index is 3.44. The number of aliphatic hydroxyl groups is 1. The summed E-state index contributed by atoms with van der Waals surface area (Å²) < 4.78 is 0. The summed E-state index contributed by atoms with van der Waals surface area (Å²) in [5.74, 6) is 0.0148. The molecular formula is C9H20N2O2. The highest BCUT2D eigenvalue weighted by molar-refractivity contribution is 5.75. The molecule has 0 heterocycles. The van der Waals surface area contributed by atoms with Gasteiger partial charge in [-0.25, -0.2) is 0 Å². The normalized spacial score (nSPS) is 10.5. The molecule has 0 rings (SSSR count). The third-order valence-corrected chi connectivity index (χ3v) is 1.98. The Hall–Kier alpha value is -0.610. The molecular weight excluding hydrogens is 168 g/mol. The molecule has 0 atom stereocenters. The average Bonchev–Trinajstić information content (AvgIpc) is 2.16. The molecule has 0 unspecified atom stereocenters. The van der Waals surface area contributed by atoms with Crippen LogP contribution in [0.15, 0.2) is 0 Å². The van der Waals surface area contributed by atoms with Crippen LogP contribution in [-0.2, 0) is 4.79 Å². The van der Waals surface area contributed by atoms with Crippen molar-refractivity contribution in [1.29, 1.82) is 0 Å². The number of carbonyl (C=O) groups excluding carboxylic acids is 1. The lowest BCUT2D eigenvalue weighted by Gasteiger charge is -2.17. The number of rotatable bonds is 7. The highest BCUT2D eigenvalue weighted by Gasteiger charge is 2.03. The topological polar surface area (TPSA) is 52.6 Å². The molecule has 2 N–H and O–H groups in total. The van der Waals surface area contributed by atoms with Crippen molar-refractivity contribution >= 4 is 5.91 Å². The first-order valence-corrected chi connectivity index (χ1v) is 4.84. The number of amides is 1. The van der Waals surface area contributed by atoms with Gasteiger partial charge in [0.05, 0.1) is 6.61 Å². The zero-order valence-electron chi connectivity index (χ0n) is 8.55. The SMILES string of the molecule is CCN(CC)CCC(=O)NCCO. The fourth-order valence-corrected chi connectivity index (χ4v) is 1.08. The zero-order chi connectivity index (χ0) is 10.1. The quantitative estimate of drug-likeness (QED) is 0.583. The first-order chi connectivity index (χ1) is 6.24. The summed E-state index contributed by atoms with van der Waals surface area (Å²) in [6, 6.07) is 0. The molecule has 0 radical (unpaired) electrons. The smallest absolute Gasteiger partial charge is 0.221 e. The Labute approximate surface area is 79.9 Å². The molecule has 0 fully saturated rings. The number of carbonyl (C=O) groups is 1. The lowest BCUT2D eigenvalue weighted by Crippen LogP contribution is -2.32. The van der Waals surface area contributed by atoms with E-state index in [1.807, 2.05) is 0 Å². The fraction of sp³-hybridized carbons (Fsp3) is 0.889. The van der Waals surface area contributed by atoms with Gasteiger partial charge < -0.3 is 15.3 Å². The van der Waals surface area contributed by atoms with Gasteiger partial charge in [0, 0.05) is 19.5 Å². The van der Waals surface area contributed by atoms with E-state index in [0.29, 0.717) is 13.0 Å². The summed E-state index contributed by atoms with van der Waals surface area (Å²) in [4.78, 5) is 13.3. The third-order valence-electron chi connectivity index (χ3n) is 1.98. The summed E-state index contributed by atoms with van der Waals surface area (Å²) in [6.45, 7) is 7.27. The number of hydrogen-bond donors (Lipinski definition) is 2. The van der Waals surface area contributed by atoms with Crippen LogP contribution >= 0.6 is 0 Å². The summed E-state index contributed by atoms with van der Waals surface area (Å²) in [5, 5.41) is 11.1. The Morgan fingerprint density at radius 1 is 1.38 bits per heavy atom. The summed E-state index contributed by atoms with van der Waals surface area (Å²) in [7, 11) is 0. The van der Waals surface area contributed by atoms with Gasteiger partial charge in [0.15, 0.2) is 0 Å². The van der Waals surface area contributed by atoms with Crippen LogP contribution in [0.5, 0.6) is 0 Å². The molecule has 1 amide bonds. The van der Waals surface area contributed by atoms with E-state index in [-0.39, 0.29) is 12.5 Å². The van der Waals surface area contributed by atoms with Crippen LogP contribution < -0.4 is 5.32 Å². The predicted octanol–water partition coefficient (Wildman–Crippen LogP) is -0.173. The lowest BCUT2D eigenvalue weighted by atomic mass is 10.3. The maximum atomic E-state index is 11.1. The van der Waals surface area contributed by atoms with E-state index in [1.165, 1.54) is 0 Å². The average molecular weight is 188 g/mol. The van der Waals surface area contributed by atoms with Crippen LogP contribution in [0.3, 0.4) is 0 Å². The molecule has 4 heteroatoms. The van der Waals surface area contributed by atoms with E-state index in [1.54, 1.807) is 0 Å². The van der Waals surface area contributed by atoms with Crippen molar-refractivity contribution < 1.29 is 9.90 Å². The van der Waals surface area contributed by atoms with Crippen molar-refractivity contribution in [2.24, 2.45) is 0 Å². The summed E-state index contributed by atoms with van der Waals surface area (Å²) in [5.41, 5.74) is 0. The highest BCUT2D eigenvalue weighted by atomic mass is 16.3. The molecule has 0 aromatic carbocycles. The van der Waals surface area contributed by atoms with Crippen LogP contribution in [0.2, 0.25) is 0 Å². The lowest BCUT2D eigenvalue weighted by molar-refractivity contribution is -0.121. The van der Waals surface area contributed by atoms with Crippen LogP contribution in [0.25, 0.3) is 0 Å². The first kappa shape index (κ1) is 12.4. The molecule has 0 aromatic heterocycles.